The Morgan fingerprint density at radius 3 is 2.50 bits per heavy atom. The predicted octanol–water partition coefficient (Wildman–Crippen LogP) is 3.24. The lowest BCUT2D eigenvalue weighted by Gasteiger charge is -2.27. The first-order valence-electron chi connectivity index (χ1n) is 4.95. The van der Waals surface area contributed by atoms with Gasteiger partial charge in [-0.2, -0.15) is 0 Å². The number of methoxy groups -OCH3 is 1. The van der Waals surface area contributed by atoms with Crippen molar-refractivity contribution in [2.75, 3.05) is 7.11 Å². The summed E-state index contributed by atoms with van der Waals surface area (Å²) in [6.07, 6.45) is 1.82. The molecule has 2 heteroatoms. The molecule has 78 valence electrons. The fourth-order valence-corrected chi connectivity index (χ4v) is 1.31. The largest absolute Gasteiger partial charge is 0.495 e. The summed E-state index contributed by atoms with van der Waals surface area (Å²) in [5.74, 6) is 1.27. The molecule has 0 aliphatic rings. The Kier molecular flexibility index (Phi) is 3.14. The minimum atomic E-state index is 0.210. The highest BCUT2D eigenvalue weighted by Gasteiger charge is 2.25. The maximum atomic E-state index is 5.30. The standard InChI is InChI=1S/C12H19NO/c1-9(12(2,3)4)11-10(14-5)7-6-8-13-11/h6-9H,1-5H3. The molecule has 0 aliphatic carbocycles. The average Bonchev–Trinajstić information content (AvgIpc) is 2.15. The molecular formula is C12H19NO. The summed E-state index contributed by atoms with van der Waals surface area (Å²) in [7, 11) is 1.69. The van der Waals surface area contributed by atoms with Gasteiger partial charge in [0.1, 0.15) is 5.75 Å². The SMILES string of the molecule is COc1cccnc1C(C)C(C)(C)C. The maximum absolute atomic E-state index is 5.30. The van der Waals surface area contributed by atoms with Crippen molar-refractivity contribution in [1.29, 1.82) is 0 Å². The molecule has 2 nitrogen and oxygen atoms in total. The highest BCUT2D eigenvalue weighted by Crippen LogP contribution is 2.37. The third-order valence-corrected chi connectivity index (χ3v) is 2.73. The highest BCUT2D eigenvalue weighted by molar-refractivity contribution is 5.30. The van der Waals surface area contributed by atoms with Crippen molar-refractivity contribution in [2.45, 2.75) is 33.6 Å². The molecule has 1 rings (SSSR count). The Hall–Kier alpha value is -1.05. The summed E-state index contributed by atoms with van der Waals surface area (Å²) in [6.45, 7) is 8.83. The van der Waals surface area contributed by atoms with Gasteiger partial charge in [-0.05, 0) is 17.5 Å². The molecule has 0 fully saturated rings. The van der Waals surface area contributed by atoms with Crippen molar-refractivity contribution in [3.8, 4) is 5.75 Å². The number of ether oxygens (including phenoxy) is 1. The fourth-order valence-electron chi connectivity index (χ4n) is 1.31. The molecule has 14 heavy (non-hydrogen) atoms. The second-order valence-electron chi connectivity index (χ2n) is 4.68. The zero-order chi connectivity index (χ0) is 10.8. The van der Waals surface area contributed by atoms with Crippen LogP contribution in [0.1, 0.15) is 39.3 Å². The van der Waals surface area contributed by atoms with Gasteiger partial charge in [0, 0.05) is 12.1 Å². The molecule has 0 saturated heterocycles. The van der Waals surface area contributed by atoms with Gasteiger partial charge < -0.3 is 4.74 Å². The van der Waals surface area contributed by atoms with Crippen LogP contribution in [0.2, 0.25) is 0 Å². The number of rotatable bonds is 2. The van der Waals surface area contributed by atoms with E-state index in [1.807, 2.05) is 18.3 Å². The van der Waals surface area contributed by atoms with E-state index in [1.165, 1.54) is 0 Å². The number of nitrogens with zero attached hydrogens (tertiary/aromatic N) is 1. The second-order valence-corrected chi connectivity index (χ2v) is 4.68. The topological polar surface area (TPSA) is 22.1 Å². The Bertz CT molecular complexity index is 301. The van der Waals surface area contributed by atoms with Crippen LogP contribution in [0, 0.1) is 5.41 Å². The van der Waals surface area contributed by atoms with E-state index in [4.69, 9.17) is 4.74 Å². The van der Waals surface area contributed by atoms with Gasteiger partial charge in [0.2, 0.25) is 0 Å². The minimum Gasteiger partial charge on any atom is -0.495 e. The third-order valence-electron chi connectivity index (χ3n) is 2.73. The fraction of sp³-hybridized carbons (Fsp3) is 0.583. The predicted molar refractivity (Wildman–Crippen MR) is 58.7 cm³/mol. The normalized spacial score (nSPS) is 13.8. The van der Waals surface area contributed by atoms with Crippen LogP contribution in [-0.4, -0.2) is 12.1 Å². The summed E-state index contributed by atoms with van der Waals surface area (Å²) < 4.78 is 5.30. The highest BCUT2D eigenvalue weighted by atomic mass is 16.5. The van der Waals surface area contributed by atoms with Crippen molar-refractivity contribution in [2.24, 2.45) is 5.41 Å². The molecule has 0 radical (unpaired) electrons. The molecule has 1 unspecified atom stereocenters. The third kappa shape index (κ3) is 2.25. The molecule has 1 aromatic rings. The molecule has 0 aliphatic heterocycles. The van der Waals surface area contributed by atoms with E-state index in [0.29, 0.717) is 5.92 Å². The molecule has 0 aromatic carbocycles. The summed E-state index contributed by atoms with van der Waals surface area (Å²) >= 11 is 0. The zero-order valence-electron chi connectivity index (χ0n) is 9.66. The van der Waals surface area contributed by atoms with Crippen LogP contribution in [0.15, 0.2) is 18.3 Å². The Morgan fingerprint density at radius 2 is 2.00 bits per heavy atom. The Labute approximate surface area is 86.3 Å². The van der Waals surface area contributed by atoms with Gasteiger partial charge in [-0.25, -0.2) is 0 Å². The van der Waals surface area contributed by atoms with Gasteiger partial charge in [0.05, 0.1) is 12.8 Å². The molecule has 0 spiro atoms. The lowest BCUT2D eigenvalue weighted by atomic mass is 9.79. The molecule has 1 aromatic heterocycles. The van der Waals surface area contributed by atoms with Gasteiger partial charge in [0.25, 0.3) is 0 Å². The second kappa shape index (κ2) is 3.99. The molecule has 0 bridgehead atoms. The Morgan fingerprint density at radius 1 is 1.36 bits per heavy atom. The van der Waals surface area contributed by atoms with Crippen molar-refractivity contribution >= 4 is 0 Å². The van der Waals surface area contributed by atoms with Crippen LogP contribution in [0.3, 0.4) is 0 Å². The number of aromatic nitrogens is 1. The quantitative estimate of drug-likeness (QED) is 0.719. The van der Waals surface area contributed by atoms with Crippen molar-refractivity contribution in [1.82, 2.24) is 4.98 Å². The maximum Gasteiger partial charge on any atom is 0.140 e. The van der Waals surface area contributed by atoms with E-state index in [2.05, 4.69) is 32.7 Å². The van der Waals surface area contributed by atoms with Gasteiger partial charge in [-0.3, -0.25) is 4.98 Å². The Balaban J connectivity index is 3.06. The first-order chi connectivity index (χ1) is 6.46. The van der Waals surface area contributed by atoms with E-state index in [1.54, 1.807) is 7.11 Å². The van der Waals surface area contributed by atoms with Crippen molar-refractivity contribution in [3.05, 3.63) is 24.0 Å². The number of pyridine rings is 1. The van der Waals surface area contributed by atoms with Crippen LogP contribution in [0.4, 0.5) is 0 Å². The molecule has 0 N–H and O–H groups in total. The molecular weight excluding hydrogens is 174 g/mol. The van der Waals surface area contributed by atoms with Crippen LogP contribution in [-0.2, 0) is 0 Å². The van der Waals surface area contributed by atoms with E-state index < -0.39 is 0 Å². The summed E-state index contributed by atoms with van der Waals surface area (Å²) in [4.78, 5) is 4.39. The van der Waals surface area contributed by atoms with Crippen LogP contribution >= 0.6 is 0 Å². The van der Waals surface area contributed by atoms with Crippen LogP contribution in [0.5, 0.6) is 5.75 Å². The van der Waals surface area contributed by atoms with E-state index >= 15 is 0 Å². The van der Waals surface area contributed by atoms with Gasteiger partial charge >= 0.3 is 0 Å². The lowest BCUT2D eigenvalue weighted by Crippen LogP contribution is -2.17. The van der Waals surface area contributed by atoms with Gasteiger partial charge in [-0.1, -0.05) is 27.7 Å². The molecule has 1 atom stereocenters. The van der Waals surface area contributed by atoms with E-state index in [9.17, 15) is 0 Å². The number of hydrogen-bond acceptors (Lipinski definition) is 2. The van der Waals surface area contributed by atoms with E-state index in [-0.39, 0.29) is 5.41 Å². The average molecular weight is 193 g/mol. The first-order valence-corrected chi connectivity index (χ1v) is 4.95. The molecule has 1 heterocycles. The minimum absolute atomic E-state index is 0.210. The van der Waals surface area contributed by atoms with Crippen molar-refractivity contribution in [3.63, 3.8) is 0 Å². The van der Waals surface area contributed by atoms with Crippen LogP contribution in [0.25, 0.3) is 0 Å². The smallest absolute Gasteiger partial charge is 0.140 e. The van der Waals surface area contributed by atoms with Crippen molar-refractivity contribution < 1.29 is 4.74 Å². The summed E-state index contributed by atoms with van der Waals surface area (Å²) in [6, 6.07) is 3.86. The van der Waals surface area contributed by atoms with Crippen LogP contribution < -0.4 is 4.74 Å². The summed E-state index contributed by atoms with van der Waals surface area (Å²) in [5, 5.41) is 0. The molecule has 0 saturated carbocycles. The van der Waals surface area contributed by atoms with E-state index in [0.717, 1.165) is 11.4 Å². The molecule has 0 amide bonds. The zero-order valence-corrected chi connectivity index (χ0v) is 9.66. The van der Waals surface area contributed by atoms with Gasteiger partial charge in [-0.15, -0.1) is 0 Å². The first kappa shape index (κ1) is 11.0. The number of hydrogen-bond donors (Lipinski definition) is 0. The monoisotopic (exact) mass is 193 g/mol. The van der Waals surface area contributed by atoms with Gasteiger partial charge in [0.15, 0.2) is 0 Å². The lowest BCUT2D eigenvalue weighted by molar-refractivity contribution is 0.318. The summed E-state index contributed by atoms with van der Waals surface area (Å²) in [5.41, 5.74) is 1.25.